The Bertz CT molecular complexity index is 502. The third kappa shape index (κ3) is 3.47. The van der Waals surface area contributed by atoms with Crippen molar-refractivity contribution < 1.29 is 0 Å². The molecule has 18 heavy (non-hydrogen) atoms. The van der Waals surface area contributed by atoms with E-state index in [0.29, 0.717) is 5.15 Å². The first-order valence-corrected chi connectivity index (χ1v) is 7.33. The second kappa shape index (κ2) is 6.76. The van der Waals surface area contributed by atoms with Gasteiger partial charge in [0.25, 0.3) is 0 Å². The summed E-state index contributed by atoms with van der Waals surface area (Å²) in [5.74, 6) is 0.908. The molecule has 0 saturated heterocycles. The van der Waals surface area contributed by atoms with Crippen LogP contribution < -0.4 is 0 Å². The van der Waals surface area contributed by atoms with Crippen molar-refractivity contribution >= 4 is 23.4 Å². The quantitative estimate of drug-likeness (QED) is 0.600. The zero-order valence-corrected chi connectivity index (χ0v) is 11.8. The second-order valence-electron chi connectivity index (χ2n) is 3.97. The molecular formula is C14H15ClN2S. The van der Waals surface area contributed by atoms with Gasteiger partial charge in [0.15, 0.2) is 0 Å². The van der Waals surface area contributed by atoms with E-state index in [9.17, 15) is 0 Å². The Morgan fingerprint density at radius 2 is 1.94 bits per heavy atom. The molecular weight excluding hydrogens is 264 g/mol. The average molecular weight is 279 g/mol. The smallest absolute Gasteiger partial charge is 0.136 e. The predicted molar refractivity (Wildman–Crippen MR) is 77.0 cm³/mol. The van der Waals surface area contributed by atoms with E-state index in [1.807, 2.05) is 6.07 Å². The third-order valence-electron chi connectivity index (χ3n) is 2.57. The van der Waals surface area contributed by atoms with Gasteiger partial charge in [0.05, 0.1) is 0 Å². The molecule has 0 radical (unpaired) electrons. The highest BCUT2D eigenvalue weighted by Gasteiger charge is 2.09. The van der Waals surface area contributed by atoms with Gasteiger partial charge in [-0.05, 0) is 12.0 Å². The van der Waals surface area contributed by atoms with Crippen molar-refractivity contribution in [1.29, 1.82) is 0 Å². The summed E-state index contributed by atoms with van der Waals surface area (Å²) in [4.78, 5) is 8.39. The van der Waals surface area contributed by atoms with Gasteiger partial charge in [0.1, 0.15) is 16.5 Å². The molecule has 1 aromatic heterocycles. The van der Waals surface area contributed by atoms with Crippen molar-refractivity contribution in [3.63, 3.8) is 0 Å². The topological polar surface area (TPSA) is 25.8 Å². The lowest BCUT2D eigenvalue weighted by Gasteiger charge is -2.08. The van der Waals surface area contributed by atoms with Gasteiger partial charge in [0.2, 0.25) is 0 Å². The van der Waals surface area contributed by atoms with E-state index in [0.717, 1.165) is 29.2 Å². The number of thioether (sulfide) groups is 1. The Kier molecular flexibility index (Phi) is 5.02. The van der Waals surface area contributed by atoms with E-state index in [1.165, 1.54) is 11.9 Å². The molecule has 1 heterocycles. The summed E-state index contributed by atoms with van der Waals surface area (Å²) in [5.41, 5.74) is 2.36. The van der Waals surface area contributed by atoms with Crippen LogP contribution in [0.25, 0.3) is 0 Å². The van der Waals surface area contributed by atoms with Gasteiger partial charge in [0, 0.05) is 11.3 Å². The summed E-state index contributed by atoms with van der Waals surface area (Å²) in [7, 11) is 0. The van der Waals surface area contributed by atoms with Crippen molar-refractivity contribution in [2.24, 2.45) is 0 Å². The van der Waals surface area contributed by atoms with E-state index in [4.69, 9.17) is 11.6 Å². The predicted octanol–water partition coefficient (Wildman–Crippen LogP) is 4.37. The van der Waals surface area contributed by atoms with Crippen molar-refractivity contribution in [2.75, 3.05) is 0 Å². The van der Waals surface area contributed by atoms with E-state index in [2.05, 4.69) is 41.2 Å². The van der Waals surface area contributed by atoms with E-state index in [-0.39, 0.29) is 0 Å². The van der Waals surface area contributed by atoms with Crippen LogP contribution in [-0.2, 0) is 12.2 Å². The van der Waals surface area contributed by atoms with Crippen molar-refractivity contribution in [3.8, 4) is 0 Å². The molecule has 0 unspecified atom stereocenters. The third-order valence-corrected chi connectivity index (χ3v) is 4.00. The van der Waals surface area contributed by atoms with Crippen LogP contribution in [0.15, 0.2) is 41.7 Å². The summed E-state index contributed by atoms with van der Waals surface area (Å²) < 4.78 is 0. The molecule has 0 atom stereocenters. The normalized spacial score (nSPS) is 10.6. The molecule has 2 rings (SSSR count). The molecule has 4 heteroatoms. The number of benzene rings is 1. The van der Waals surface area contributed by atoms with Crippen LogP contribution in [0.2, 0.25) is 5.15 Å². The van der Waals surface area contributed by atoms with Gasteiger partial charge in [-0.25, -0.2) is 9.97 Å². The molecule has 2 nitrogen and oxygen atoms in total. The van der Waals surface area contributed by atoms with Gasteiger partial charge in [-0.2, -0.15) is 0 Å². The van der Waals surface area contributed by atoms with Crippen LogP contribution in [0.5, 0.6) is 0 Å². The second-order valence-corrected chi connectivity index (χ2v) is 5.29. The highest BCUT2D eigenvalue weighted by molar-refractivity contribution is 7.98. The zero-order valence-electron chi connectivity index (χ0n) is 10.3. The summed E-state index contributed by atoms with van der Waals surface area (Å²) in [6.45, 7) is 2.13. The Balaban J connectivity index is 2.11. The SMILES string of the molecule is CCCc1c(Cl)ncnc1SCc1ccccc1. The zero-order chi connectivity index (χ0) is 12.8. The number of aromatic nitrogens is 2. The fourth-order valence-electron chi connectivity index (χ4n) is 1.69. The number of hydrogen-bond acceptors (Lipinski definition) is 3. The van der Waals surface area contributed by atoms with Gasteiger partial charge >= 0.3 is 0 Å². The highest BCUT2D eigenvalue weighted by Crippen LogP contribution is 2.28. The van der Waals surface area contributed by atoms with Gasteiger partial charge < -0.3 is 0 Å². The molecule has 1 aromatic carbocycles. The molecule has 0 saturated carbocycles. The molecule has 0 amide bonds. The summed E-state index contributed by atoms with van der Waals surface area (Å²) >= 11 is 7.84. The van der Waals surface area contributed by atoms with Crippen LogP contribution >= 0.6 is 23.4 Å². The lowest BCUT2D eigenvalue weighted by Crippen LogP contribution is -1.95. The fraction of sp³-hybridized carbons (Fsp3) is 0.286. The number of rotatable bonds is 5. The average Bonchev–Trinajstić information content (AvgIpc) is 2.41. The molecule has 0 spiro atoms. The van der Waals surface area contributed by atoms with Crippen LogP contribution in [0.3, 0.4) is 0 Å². The van der Waals surface area contributed by atoms with Crippen LogP contribution in [0.1, 0.15) is 24.5 Å². The molecule has 0 aliphatic heterocycles. The van der Waals surface area contributed by atoms with Crippen molar-refractivity contribution in [3.05, 3.63) is 52.9 Å². The first-order chi connectivity index (χ1) is 8.81. The molecule has 0 fully saturated rings. The molecule has 0 aliphatic carbocycles. The Labute approximate surface area is 117 Å². The maximum atomic E-state index is 6.13. The Morgan fingerprint density at radius 3 is 2.67 bits per heavy atom. The fourth-order valence-corrected chi connectivity index (χ4v) is 2.96. The lowest BCUT2D eigenvalue weighted by molar-refractivity contribution is 0.856. The number of halogens is 1. The molecule has 0 bridgehead atoms. The van der Waals surface area contributed by atoms with E-state index < -0.39 is 0 Å². The van der Waals surface area contributed by atoms with E-state index in [1.54, 1.807) is 11.8 Å². The van der Waals surface area contributed by atoms with Crippen LogP contribution in [-0.4, -0.2) is 9.97 Å². The van der Waals surface area contributed by atoms with Gasteiger partial charge in [-0.1, -0.05) is 55.3 Å². The van der Waals surface area contributed by atoms with E-state index >= 15 is 0 Å². The van der Waals surface area contributed by atoms with Gasteiger partial charge in [-0.15, -0.1) is 11.8 Å². The minimum Gasteiger partial charge on any atom is -0.230 e. The first kappa shape index (κ1) is 13.4. The van der Waals surface area contributed by atoms with Crippen molar-refractivity contribution in [2.45, 2.75) is 30.5 Å². The largest absolute Gasteiger partial charge is 0.230 e. The summed E-state index contributed by atoms with van der Waals surface area (Å²) in [6, 6.07) is 10.4. The highest BCUT2D eigenvalue weighted by atomic mass is 35.5. The van der Waals surface area contributed by atoms with Crippen LogP contribution in [0, 0.1) is 0 Å². The Morgan fingerprint density at radius 1 is 1.17 bits per heavy atom. The number of hydrogen-bond donors (Lipinski definition) is 0. The Hall–Kier alpha value is -1.06. The lowest BCUT2D eigenvalue weighted by atomic mass is 10.2. The minimum absolute atomic E-state index is 0.586. The maximum absolute atomic E-state index is 6.13. The minimum atomic E-state index is 0.586. The monoisotopic (exact) mass is 278 g/mol. The summed E-state index contributed by atoms with van der Waals surface area (Å²) in [5, 5.41) is 1.59. The molecule has 94 valence electrons. The number of nitrogens with zero attached hydrogens (tertiary/aromatic N) is 2. The van der Waals surface area contributed by atoms with Crippen LogP contribution in [0.4, 0.5) is 0 Å². The maximum Gasteiger partial charge on any atom is 0.136 e. The van der Waals surface area contributed by atoms with Crippen molar-refractivity contribution in [1.82, 2.24) is 9.97 Å². The molecule has 2 aromatic rings. The first-order valence-electron chi connectivity index (χ1n) is 5.97. The standard InChI is InChI=1S/C14H15ClN2S/c1-2-6-12-13(15)16-10-17-14(12)18-9-11-7-4-3-5-8-11/h3-5,7-8,10H,2,6,9H2,1H3. The molecule has 0 aliphatic rings. The molecule has 0 N–H and O–H groups in total. The van der Waals surface area contributed by atoms with Gasteiger partial charge in [-0.3, -0.25) is 0 Å². The summed E-state index contributed by atoms with van der Waals surface area (Å²) in [6.07, 6.45) is 3.51.